The number of nitrogens with zero attached hydrogens (tertiary/aromatic N) is 2. The van der Waals surface area contributed by atoms with Gasteiger partial charge >= 0.3 is 5.97 Å². The van der Waals surface area contributed by atoms with Gasteiger partial charge in [0.25, 0.3) is 5.91 Å². The Hall–Kier alpha value is -2.37. The Morgan fingerprint density at radius 2 is 1.91 bits per heavy atom. The van der Waals surface area contributed by atoms with Crippen LogP contribution in [0.5, 0.6) is 0 Å². The van der Waals surface area contributed by atoms with E-state index in [0.717, 1.165) is 6.42 Å². The molecular formula is C17H20N2O4. The first kappa shape index (κ1) is 15.5. The Bertz CT molecular complexity index is 643. The number of carbonyl (C=O) groups is 2. The first-order chi connectivity index (χ1) is 11.0. The summed E-state index contributed by atoms with van der Waals surface area (Å²) in [4.78, 5) is 30.7. The molecule has 1 saturated heterocycles. The van der Waals surface area contributed by atoms with Crippen molar-refractivity contribution in [3.05, 3.63) is 35.4 Å². The number of hydrogen-bond donors (Lipinski definition) is 1. The molecule has 0 unspecified atom stereocenters. The highest BCUT2D eigenvalue weighted by atomic mass is 16.7. The maximum atomic E-state index is 12.5. The number of benzene rings is 1. The SMILES string of the molecule is CCc1ccc(C(=O)N2CCC3(CC2)CC(C(=O)O)=NO3)cc1. The number of oxime groups is 1. The number of hydrogen-bond acceptors (Lipinski definition) is 4. The van der Waals surface area contributed by atoms with Gasteiger partial charge in [-0.3, -0.25) is 4.79 Å². The molecule has 3 rings (SSSR count). The van der Waals surface area contributed by atoms with E-state index in [2.05, 4.69) is 12.1 Å². The number of piperidine rings is 1. The number of carbonyl (C=O) groups excluding carboxylic acids is 1. The van der Waals surface area contributed by atoms with Crippen molar-refractivity contribution in [2.75, 3.05) is 13.1 Å². The van der Waals surface area contributed by atoms with E-state index in [0.29, 0.717) is 37.9 Å². The Morgan fingerprint density at radius 1 is 1.26 bits per heavy atom. The third kappa shape index (κ3) is 3.06. The van der Waals surface area contributed by atoms with Gasteiger partial charge < -0.3 is 14.8 Å². The maximum Gasteiger partial charge on any atom is 0.353 e. The van der Waals surface area contributed by atoms with Gasteiger partial charge in [0.15, 0.2) is 5.71 Å². The van der Waals surface area contributed by atoms with Crippen LogP contribution < -0.4 is 0 Å². The Balaban J connectivity index is 1.60. The molecule has 0 bridgehead atoms. The van der Waals surface area contributed by atoms with Crippen LogP contribution in [0.2, 0.25) is 0 Å². The number of likely N-dealkylation sites (tertiary alicyclic amines) is 1. The van der Waals surface area contributed by atoms with E-state index in [4.69, 9.17) is 9.94 Å². The van der Waals surface area contributed by atoms with Crippen molar-refractivity contribution >= 4 is 17.6 Å². The second-order valence-corrected chi connectivity index (χ2v) is 6.14. The molecule has 0 aromatic heterocycles. The molecule has 122 valence electrons. The zero-order valence-electron chi connectivity index (χ0n) is 13.1. The fourth-order valence-corrected chi connectivity index (χ4v) is 3.09. The van der Waals surface area contributed by atoms with Gasteiger partial charge in [0.2, 0.25) is 0 Å². The van der Waals surface area contributed by atoms with Crippen LogP contribution in [0.25, 0.3) is 0 Å². The zero-order chi connectivity index (χ0) is 16.4. The molecule has 1 spiro atoms. The topological polar surface area (TPSA) is 79.2 Å². The van der Waals surface area contributed by atoms with Crippen molar-refractivity contribution in [3.8, 4) is 0 Å². The highest BCUT2D eigenvalue weighted by molar-refractivity contribution is 6.36. The number of aryl methyl sites for hydroxylation is 1. The molecule has 2 aliphatic rings. The number of amides is 1. The lowest BCUT2D eigenvalue weighted by molar-refractivity contribution is -0.129. The predicted octanol–water partition coefficient (Wildman–Crippen LogP) is 2.08. The maximum absolute atomic E-state index is 12.5. The molecule has 1 aromatic carbocycles. The lowest BCUT2D eigenvalue weighted by Gasteiger charge is -2.37. The zero-order valence-corrected chi connectivity index (χ0v) is 13.1. The van der Waals surface area contributed by atoms with Gasteiger partial charge in [-0.05, 0) is 24.1 Å². The van der Waals surface area contributed by atoms with Gasteiger partial charge in [0.1, 0.15) is 5.60 Å². The van der Waals surface area contributed by atoms with Crippen molar-refractivity contribution in [1.82, 2.24) is 4.90 Å². The summed E-state index contributed by atoms with van der Waals surface area (Å²) >= 11 is 0. The van der Waals surface area contributed by atoms with E-state index >= 15 is 0 Å². The van der Waals surface area contributed by atoms with Gasteiger partial charge in [0, 0.05) is 37.9 Å². The summed E-state index contributed by atoms with van der Waals surface area (Å²) in [5.74, 6) is -1.02. The Kier molecular flexibility index (Phi) is 4.07. The van der Waals surface area contributed by atoms with Crippen LogP contribution >= 0.6 is 0 Å². The summed E-state index contributed by atoms with van der Waals surface area (Å²) in [5, 5.41) is 12.7. The minimum absolute atomic E-state index is 0.0138. The van der Waals surface area contributed by atoms with Gasteiger partial charge in [0.05, 0.1) is 0 Å². The van der Waals surface area contributed by atoms with E-state index in [9.17, 15) is 9.59 Å². The molecule has 6 heteroatoms. The van der Waals surface area contributed by atoms with E-state index in [1.54, 1.807) is 4.90 Å². The van der Waals surface area contributed by atoms with Crippen LogP contribution in [0.3, 0.4) is 0 Å². The molecule has 1 aromatic rings. The smallest absolute Gasteiger partial charge is 0.353 e. The number of aliphatic carboxylic acids is 1. The lowest BCUT2D eigenvalue weighted by atomic mass is 9.86. The largest absolute Gasteiger partial charge is 0.477 e. The quantitative estimate of drug-likeness (QED) is 0.926. The molecule has 23 heavy (non-hydrogen) atoms. The molecule has 2 aliphatic heterocycles. The van der Waals surface area contributed by atoms with Crippen molar-refractivity contribution in [2.45, 2.75) is 38.2 Å². The average Bonchev–Trinajstić information content (AvgIpc) is 2.99. The summed E-state index contributed by atoms with van der Waals surface area (Å²) in [6.07, 6.45) is 2.47. The van der Waals surface area contributed by atoms with Gasteiger partial charge in [-0.25, -0.2) is 4.79 Å². The Morgan fingerprint density at radius 3 is 2.43 bits per heavy atom. The third-order valence-corrected chi connectivity index (χ3v) is 4.66. The average molecular weight is 316 g/mol. The summed E-state index contributed by atoms with van der Waals surface area (Å²) in [6, 6.07) is 7.68. The van der Waals surface area contributed by atoms with Gasteiger partial charge in [-0.15, -0.1) is 0 Å². The molecule has 0 saturated carbocycles. The normalized spacial score (nSPS) is 19.3. The third-order valence-electron chi connectivity index (χ3n) is 4.66. The Labute approximate surface area is 134 Å². The van der Waals surface area contributed by atoms with Crippen LogP contribution in [0.1, 0.15) is 42.1 Å². The summed E-state index contributed by atoms with van der Waals surface area (Å²) in [7, 11) is 0. The van der Waals surface area contributed by atoms with E-state index in [1.807, 2.05) is 24.3 Å². The molecular weight excluding hydrogens is 296 g/mol. The summed E-state index contributed by atoms with van der Waals surface area (Å²) in [5.41, 5.74) is 1.42. The molecule has 1 fully saturated rings. The first-order valence-electron chi connectivity index (χ1n) is 7.89. The predicted molar refractivity (Wildman–Crippen MR) is 84.5 cm³/mol. The second-order valence-electron chi connectivity index (χ2n) is 6.14. The summed E-state index contributed by atoms with van der Waals surface area (Å²) < 4.78 is 0. The monoisotopic (exact) mass is 316 g/mol. The van der Waals surface area contributed by atoms with E-state index < -0.39 is 11.6 Å². The molecule has 0 aliphatic carbocycles. The van der Waals surface area contributed by atoms with Crippen LogP contribution in [-0.4, -0.2) is 46.3 Å². The second kappa shape index (κ2) is 6.02. The van der Waals surface area contributed by atoms with Crippen molar-refractivity contribution in [3.63, 3.8) is 0 Å². The fourth-order valence-electron chi connectivity index (χ4n) is 3.09. The number of rotatable bonds is 3. The highest BCUT2D eigenvalue weighted by Gasteiger charge is 2.44. The van der Waals surface area contributed by atoms with Crippen LogP contribution in [-0.2, 0) is 16.1 Å². The molecule has 0 atom stereocenters. The summed E-state index contributed by atoms with van der Waals surface area (Å²) in [6.45, 7) is 3.18. The van der Waals surface area contributed by atoms with Gasteiger partial charge in [-0.2, -0.15) is 0 Å². The van der Waals surface area contributed by atoms with Crippen LogP contribution in [0.4, 0.5) is 0 Å². The molecule has 2 heterocycles. The molecule has 0 radical (unpaired) electrons. The minimum atomic E-state index is -1.03. The first-order valence-corrected chi connectivity index (χ1v) is 7.89. The van der Waals surface area contributed by atoms with Crippen molar-refractivity contribution in [1.29, 1.82) is 0 Å². The van der Waals surface area contributed by atoms with Crippen LogP contribution in [0.15, 0.2) is 29.4 Å². The van der Waals surface area contributed by atoms with Crippen molar-refractivity contribution < 1.29 is 19.5 Å². The number of carboxylic acid groups (broad SMARTS) is 1. The number of carboxylic acids is 1. The fraction of sp³-hybridized carbons (Fsp3) is 0.471. The molecule has 1 N–H and O–H groups in total. The molecule has 1 amide bonds. The van der Waals surface area contributed by atoms with E-state index in [1.165, 1.54) is 5.56 Å². The standard InChI is InChI=1S/C17H20N2O4/c1-2-12-3-5-13(6-4-12)15(20)19-9-7-17(8-10-19)11-14(16(21)22)18-23-17/h3-6H,2,7-11H2,1H3,(H,21,22). The van der Waals surface area contributed by atoms with E-state index in [-0.39, 0.29) is 11.6 Å². The van der Waals surface area contributed by atoms with Crippen molar-refractivity contribution in [2.24, 2.45) is 5.16 Å². The van der Waals surface area contributed by atoms with Crippen LogP contribution in [0, 0.1) is 0 Å². The minimum Gasteiger partial charge on any atom is -0.477 e. The lowest BCUT2D eigenvalue weighted by Crippen LogP contribution is -2.47. The van der Waals surface area contributed by atoms with Gasteiger partial charge in [-0.1, -0.05) is 24.2 Å². The highest BCUT2D eigenvalue weighted by Crippen LogP contribution is 2.35. The molecule has 6 nitrogen and oxygen atoms in total.